The van der Waals surface area contributed by atoms with Crippen LogP contribution in [0.1, 0.15) is 13.8 Å². The summed E-state index contributed by atoms with van der Waals surface area (Å²) in [7, 11) is 0. The van der Waals surface area contributed by atoms with E-state index in [0.717, 1.165) is 0 Å². The molecule has 0 aliphatic carbocycles. The SMILES string of the molecule is CC(C)OCC(=O)N1CCOC(CCl)C1. The van der Waals surface area contributed by atoms with Crippen molar-refractivity contribution in [1.29, 1.82) is 0 Å². The Morgan fingerprint density at radius 1 is 1.67 bits per heavy atom. The molecule has 1 atom stereocenters. The number of alkyl halides is 1. The van der Waals surface area contributed by atoms with Gasteiger partial charge in [-0.05, 0) is 13.8 Å². The number of ether oxygens (including phenoxy) is 2. The molecule has 0 radical (unpaired) electrons. The molecule has 0 spiro atoms. The van der Waals surface area contributed by atoms with Crippen LogP contribution in [0, 0.1) is 0 Å². The molecule has 1 rings (SSSR count). The second-order valence-corrected chi connectivity index (χ2v) is 4.16. The molecule has 1 heterocycles. The molecule has 15 heavy (non-hydrogen) atoms. The van der Waals surface area contributed by atoms with E-state index in [1.54, 1.807) is 4.90 Å². The lowest BCUT2D eigenvalue weighted by Crippen LogP contribution is -2.47. The van der Waals surface area contributed by atoms with Gasteiger partial charge in [0.2, 0.25) is 5.91 Å². The van der Waals surface area contributed by atoms with Crippen LogP contribution in [0.5, 0.6) is 0 Å². The lowest BCUT2D eigenvalue weighted by atomic mass is 10.3. The van der Waals surface area contributed by atoms with E-state index in [0.29, 0.717) is 25.6 Å². The molecule has 1 aliphatic heterocycles. The molecule has 0 bridgehead atoms. The first-order chi connectivity index (χ1) is 7.13. The minimum atomic E-state index is -0.0385. The number of amides is 1. The minimum Gasteiger partial charge on any atom is -0.373 e. The van der Waals surface area contributed by atoms with Gasteiger partial charge in [0.05, 0.1) is 24.7 Å². The Labute approximate surface area is 95.5 Å². The van der Waals surface area contributed by atoms with E-state index in [4.69, 9.17) is 21.1 Å². The normalized spacial score (nSPS) is 22.1. The van der Waals surface area contributed by atoms with Gasteiger partial charge in [0.1, 0.15) is 6.61 Å². The van der Waals surface area contributed by atoms with Gasteiger partial charge in [-0.25, -0.2) is 0 Å². The summed E-state index contributed by atoms with van der Waals surface area (Å²) in [6.45, 7) is 5.73. The van der Waals surface area contributed by atoms with E-state index in [1.165, 1.54) is 0 Å². The summed E-state index contributed by atoms with van der Waals surface area (Å²) in [5.74, 6) is 0.441. The van der Waals surface area contributed by atoms with Crippen molar-refractivity contribution in [2.24, 2.45) is 0 Å². The third kappa shape index (κ3) is 4.36. The van der Waals surface area contributed by atoms with Crippen LogP contribution in [-0.4, -0.2) is 55.2 Å². The zero-order valence-corrected chi connectivity index (χ0v) is 10.00. The number of hydrogen-bond acceptors (Lipinski definition) is 3. The van der Waals surface area contributed by atoms with Gasteiger partial charge < -0.3 is 14.4 Å². The third-order valence-electron chi connectivity index (χ3n) is 2.20. The van der Waals surface area contributed by atoms with Crippen LogP contribution in [0.25, 0.3) is 0 Å². The molecule has 5 heteroatoms. The Hall–Kier alpha value is -0.320. The Morgan fingerprint density at radius 3 is 3.00 bits per heavy atom. The van der Waals surface area contributed by atoms with E-state index in [-0.39, 0.29) is 24.7 Å². The van der Waals surface area contributed by atoms with Crippen LogP contribution >= 0.6 is 11.6 Å². The zero-order valence-electron chi connectivity index (χ0n) is 9.24. The lowest BCUT2D eigenvalue weighted by Gasteiger charge is -2.32. The molecule has 88 valence electrons. The summed E-state index contributed by atoms with van der Waals surface area (Å²) in [5.41, 5.74) is 0. The predicted molar refractivity (Wildman–Crippen MR) is 58.1 cm³/mol. The highest BCUT2D eigenvalue weighted by Gasteiger charge is 2.23. The second kappa shape index (κ2) is 6.30. The van der Waals surface area contributed by atoms with Gasteiger partial charge >= 0.3 is 0 Å². The number of rotatable bonds is 4. The second-order valence-electron chi connectivity index (χ2n) is 3.85. The van der Waals surface area contributed by atoms with Crippen LogP contribution in [-0.2, 0) is 14.3 Å². The number of halogens is 1. The number of hydrogen-bond donors (Lipinski definition) is 0. The topological polar surface area (TPSA) is 38.8 Å². The van der Waals surface area contributed by atoms with Crippen LogP contribution in [0.3, 0.4) is 0 Å². The predicted octanol–water partition coefficient (Wildman–Crippen LogP) is 0.878. The quantitative estimate of drug-likeness (QED) is 0.679. The first kappa shape index (κ1) is 12.7. The first-order valence-corrected chi connectivity index (χ1v) is 5.74. The summed E-state index contributed by atoms with van der Waals surface area (Å²) in [4.78, 5) is 13.4. The molecule has 0 aromatic carbocycles. The van der Waals surface area contributed by atoms with Gasteiger partial charge in [-0.15, -0.1) is 11.6 Å². The van der Waals surface area contributed by atoms with Gasteiger partial charge in [-0.1, -0.05) is 0 Å². The smallest absolute Gasteiger partial charge is 0.248 e. The largest absolute Gasteiger partial charge is 0.373 e. The molecular formula is C10H18ClNO3. The molecule has 4 nitrogen and oxygen atoms in total. The molecule has 1 saturated heterocycles. The highest BCUT2D eigenvalue weighted by atomic mass is 35.5. The Bertz CT molecular complexity index is 211. The van der Waals surface area contributed by atoms with Gasteiger partial charge in [0, 0.05) is 13.1 Å². The molecule has 1 amide bonds. The lowest BCUT2D eigenvalue weighted by molar-refractivity contribution is -0.144. The van der Waals surface area contributed by atoms with Crippen LogP contribution in [0.15, 0.2) is 0 Å². The molecule has 1 fully saturated rings. The van der Waals surface area contributed by atoms with Crippen molar-refractivity contribution in [3.05, 3.63) is 0 Å². The summed E-state index contributed by atoms with van der Waals surface area (Å²) in [6, 6.07) is 0. The standard InChI is InChI=1S/C10H18ClNO3/c1-8(2)15-7-10(13)12-3-4-14-9(5-11)6-12/h8-9H,3-7H2,1-2H3. The van der Waals surface area contributed by atoms with Crippen LogP contribution < -0.4 is 0 Å². The molecular weight excluding hydrogens is 218 g/mol. The summed E-state index contributed by atoms with van der Waals surface area (Å²) < 4.78 is 10.6. The van der Waals surface area contributed by atoms with Gasteiger partial charge in [0.15, 0.2) is 0 Å². The van der Waals surface area contributed by atoms with E-state index >= 15 is 0 Å². The van der Waals surface area contributed by atoms with E-state index in [9.17, 15) is 4.79 Å². The van der Waals surface area contributed by atoms with Crippen molar-refractivity contribution in [2.45, 2.75) is 26.1 Å². The fourth-order valence-corrected chi connectivity index (χ4v) is 1.56. The highest BCUT2D eigenvalue weighted by Crippen LogP contribution is 2.07. The van der Waals surface area contributed by atoms with E-state index in [2.05, 4.69) is 0 Å². The Balaban J connectivity index is 2.32. The highest BCUT2D eigenvalue weighted by molar-refractivity contribution is 6.18. The molecule has 1 unspecified atom stereocenters. The van der Waals surface area contributed by atoms with E-state index in [1.807, 2.05) is 13.8 Å². The number of carbonyl (C=O) groups excluding carboxylic acids is 1. The average molecular weight is 236 g/mol. The Kier molecular flexibility index (Phi) is 5.36. The maximum absolute atomic E-state index is 11.7. The fourth-order valence-electron chi connectivity index (χ4n) is 1.37. The van der Waals surface area contributed by atoms with Crippen LogP contribution in [0.4, 0.5) is 0 Å². The summed E-state index contributed by atoms with van der Waals surface area (Å²) >= 11 is 5.68. The van der Waals surface area contributed by atoms with Crippen molar-refractivity contribution >= 4 is 17.5 Å². The molecule has 0 N–H and O–H groups in total. The Morgan fingerprint density at radius 2 is 2.40 bits per heavy atom. The van der Waals surface area contributed by atoms with Crippen molar-refractivity contribution in [1.82, 2.24) is 4.90 Å². The summed E-state index contributed by atoms with van der Waals surface area (Å²) in [6.07, 6.45) is 0.0437. The maximum atomic E-state index is 11.7. The van der Waals surface area contributed by atoms with Gasteiger partial charge in [-0.3, -0.25) is 4.79 Å². The number of nitrogens with zero attached hydrogens (tertiary/aromatic N) is 1. The number of morpholine rings is 1. The zero-order chi connectivity index (χ0) is 11.3. The molecule has 0 aromatic rings. The van der Waals surface area contributed by atoms with Crippen molar-refractivity contribution < 1.29 is 14.3 Å². The average Bonchev–Trinajstić information content (AvgIpc) is 2.26. The maximum Gasteiger partial charge on any atom is 0.248 e. The van der Waals surface area contributed by atoms with Crippen molar-refractivity contribution in [3.8, 4) is 0 Å². The van der Waals surface area contributed by atoms with Crippen molar-refractivity contribution in [3.63, 3.8) is 0 Å². The monoisotopic (exact) mass is 235 g/mol. The minimum absolute atomic E-state index is 0.0158. The first-order valence-electron chi connectivity index (χ1n) is 5.20. The van der Waals surface area contributed by atoms with Crippen LogP contribution in [0.2, 0.25) is 0 Å². The van der Waals surface area contributed by atoms with Gasteiger partial charge in [0.25, 0.3) is 0 Å². The van der Waals surface area contributed by atoms with Gasteiger partial charge in [-0.2, -0.15) is 0 Å². The molecule has 0 saturated carbocycles. The third-order valence-corrected chi connectivity index (χ3v) is 2.55. The fraction of sp³-hybridized carbons (Fsp3) is 0.900. The summed E-state index contributed by atoms with van der Waals surface area (Å²) in [5, 5.41) is 0. The van der Waals surface area contributed by atoms with E-state index < -0.39 is 0 Å². The molecule has 1 aliphatic rings. The number of carbonyl (C=O) groups is 1. The molecule has 0 aromatic heterocycles. The van der Waals surface area contributed by atoms with Crippen molar-refractivity contribution in [2.75, 3.05) is 32.2 Å².